The molecule has 0 aromatic heterocycles. The van der Waals surface area contributed by atoms with Crippen molar-refractivity contribution in [2.75, 3.05) is 33.7 Å². The van der Waals surface area contributed by atoms with Gasteiger partial charge in [-0.05, 0) is 34.0 Å². The Bertz CT molecular complexity index is 104. The molecule has 0 heterocycles. The second-order valence-corrected chi connectivity index (χ2v) is 2.89. The van der Waals surface area contributed by atoms with E-state index in [1.807, 2.05) is 21.0 Å². The molecule has 0 aliphatic carbocycles. The normalized spacial score (nSPS) is 10.2. The molecular formula is C8H18N2O. The topological polar surface area (TPSA) is 23.6 Å². The SMILES string of the molecule is CCN(C=O)CCCN(C)C. The van der Waals surface area contributed by atoms with Crippen LogP contribution in [0.5, 0.6) is 0 Å². The predicted molar refractivity (Wildman–Crippen MR) is 46.5 cm³/mol. The summed E-state index contributed by atoms with van der Waals surface area (Å²) in [6.45, 7) is 4.73. The Balaban J connectivity index is 3.28. The van der Waals surface area contributed by atoms with Crippen molar-refractivity contribution in [3.63, 3.8) is 0 Å². The van der Waals surface area contributed by atoms with Gasteiger partial charge in [-0.3, -0.25) is 4.79 Å². The van der Waals surface area contributed by atoms with E-state index < -0.39 is 0 Å². The third-order valence-electron chi connectivity index (χ3n) is 1.61. The van der Waals surface area contributed by atoms with Crippen LogP contribution in [0.1, 0.15) is 13.3 Å². The fourth-order valence-corrected chi connectivity index (χ4v) is 0.875. The Labute approximate surface area is 69.0 Å². The van der Waals surface area contributed by atoms with E-state index in [-0.39, 0.29) is 0 Å². The standard InChI is InChI=1S/C8H18N2O/c1-4-10(8-11)7-5-6-9(2)3/h8H,4-7H2,1-3H3. The van der Waals surface area contributed by atoms with Crippen LogP contribution in [0.3, 0.4) is 0 Å². The number of hydrogen-bond donors (Lipinski definition) is 0. The van der Waals surface area contributed by atoms with Crippen LogP contribution in [0.2, 0.25) is 0 Å². The van der Waals surface area contributed by atoms with Gasteiger partial charge in [0, 0.05) is 13.1 Å². The first kappa shape index (κ1) is 10.4. The van der Waals surface area contributed by atoms with E-state index in [0.29, 0.717) is 0 Å². The number of amides is 1. The van der Waals surface area contributed by atoms with Crippen LogP contribution in [0.25, 0.3) is 0 Å². The Morgan fingerprint density at radius 1 is 1.27 bits per heavy atom. The van der Waals surface area contributed by atoms with Gasteiger partial charge in [0.1, 0.15) is 0 Å². The van der Waals surface area contributed by atoms with Crippen LogP contribution in [0.4, 0.5) is 0 Å². The summed E-state index contributed by atoms with van der Waals surface area (Å²) in [5.41, 5.74) is 0. The van der Waals surface area contributed by atoms with Gasteiger partial charge in [-0.25, -0.2) is 0 Å². The zero-order valence-electron chi connectivity index (χ0n) is 7.71. The number of carbonyl (C=O) groups is 1. The van der Waals surface area contributed by atoms with Crippen molar-refractivity contribution in [1.82, 2.24) is 9.80 Å². The molecule has 0 fully saturated rings. The molecule has 0 aromatic rings. The van der Waals surface area contributed by atoms with Crippen LogP contribution in [-0.2, 0) is 4.79 Å². The summed E-state index contributed by atoms with van der Waals surface area (Å²) >= 11 is 0. The highest BCUT2D eigenvalue weighted by Crippen LogP contribution is 1.88. The Morgan fingerprint density at radius 3 is 2.27 bits per heavy atom. The molecule has 0 aliphatic heterocycles. The molecule has 0 unspecified atom stereocenters. The Hall–Kier alpha value is -0.570. The van der Waals surface area contributed by atoms with E-state index in [4.69, 9.17) is 0 Å². The maximum atomic E-state index is 10.3. The molecule has 0 atom stereocenters. The molecule has 0 spiro atoms. The molecule has 0 saturated heterocycles. The second-order valence-electron chi connectivity index (χ2n) is 2.89. The monoisotopic (exact) mass is 158 g/mol. The van der Waals surface area contributed by atoms with Crippen molar-refractivity contribution in [2.45, 2.75) is 13.3 Å². The van der Waals surface area contributed by atoms with Crippen LogP contribution < -0.4 is 0 Å². The summed E-state index contributed by atoms with van der Waals surface area (Å²) in [5, 5.41) is 0. The number of nitrogens with zero attached hydrogens (tertiary/aromatic N) is 2. The Kier molecular flexibility index (Phi) is 5.84. The number of hydrogen-bond acceptors (Lipinski definition) is 2. The van der Waals surface area contributed by atoms with Crippen molar-refractivity contribution in [3.8, 4) is 0 Å². The van der Waals surface area contributed by atoms with Gasteiger partial charge in [0.05, 0.1) is 0 Å². The van der Waals surface area contributed by atoms with Gasteiger partial charge >= 0.3 is 0 Å². The summed E-state index contributed by atoms with van der Waals surface area (Å²) in [6.07, 6.45) is 1.97. The molecule has 1 amide bonds. The van der Waals surface area contributed by atoms with Gasteiger partial charge < -0.3 is 9.80 Å². The quantitative estimate of drug-likeness (QED) is 0.523. The number of rotatable bonds is 6. The van der Waals surface area contributed by atoms with Gasteiger partial charge in [0.25, 0.3) is 0 Å². The lowest BCUT2D eigenvalue weighted by molar-refractivity contribution is -0.118. The van der Waals surface area contributed by atoms with Crippen molar-refractivity contribution >= 4 is 6.41 Å². The van der Waals surface area contributed by atoms with Crippen LogP contribution in [-0.4, -0.2) is 49.9 Å². The molecule has 0 aromatic carbocycles. The van der Waals surface area contributed by atoms with Crippen molar-refractivity contribution in [3.05, 3.63) is 0 Å². The summed E-state index contributed by atoms with van der Waals surface area (Å²) in [6, 6.07) is 0. The first-order chi connectivity index (χ1) is 5.20. The zero-order valence-corrected chi connectivity index (χ0v) is 7.71. The molecule has 0 N–H and O–H groups in total. The molecule has 11 heavy (non-hydrogen) atoms. The summed E-state index contributed by atoms with van der Waals surface area (Å²) in [7, 11) is 4.08. The van der Waals surface area contributed by atoms with Crippen molar-refractivity contribution in [1.29, 1.82) is 0 Å². The minimum absolute atomic E-state index is 0.816. The molecule has 66 valence electrons. The maximum absolute atomic E-state index is 10.3. The van der Waals surface area contributed by atoms with E-state index in [1.54, 1.807) is 4.90 Å². The van der Waals surface area contributed by atoms with E-state index in [0.717, 1.165) is 32.5 Å². The largest absolute Gasteiger partial charge is 0.345 e. The highest BCUT2D eigenvalue weighted by atomic mass is 16.1. The van der Waals surface area contributed by atoms with Gasteiger partial charge in [-0.15, -0.1) is 0 Å². The van der Waals surface area contributed by atoms with Gasteiger partial charge in [0.15, 0.2) is 0 Å². The fourth-order valence-electron chi connectivity index (χ4n) is 0.875. The van der Waals surface area contributed by atoms with Crippen LogP contribution >= 0.6 is 0 Å². The predicted octanol–water partition coefficient (Wildman–Crippen LogP) is 0.416. The average Bonchev–Trinajstić information content (AvgIpc) is 1.98. The Morgan fingerprint density at radius 2 is 1.91 bits per heavy atom. The first-order valence-corrected chi connectivity index (χ1v) is 4.04. The molecule has 3 nitrogen and oxygen atoms in total. The third-order valence-corrected chi connectivity index (χ3v) is 1.61. The zero-order chi connectivity index (χ0) is 8.69. The lowest BCUT2D eigenvalue weighted by Crippen LogP contribution is -2.25. The summed E-state index contributed by atoms with van der Waals surface area (Å²) in [4.78, 5) is 14.2. The minimum atomic E-state index is 0.816. The lowest BCUT2D eigenvalue weighted by Gasteiger charge is -2.16. The number of carbonyl (C=O) groups excluding carboxylic acids is 1. The highest BCUT2D eigenvalue weighted by molar-refractivity contribution is 5.46. The van der Waals surface area contributed by atoms with E-state index in [1.165, 1.54) is 0 Å². The molecule has 0 bridgehead atoms. The average molecular weight is 158 g/mol. The molecule has 0 saturated carbocycles. The highest BCUT2D eigenvalue weighted by Gasteiger charge is 1.97. The fraction of sp³-hybridized carbons (Fsp3) is 0.875. The first-order valence-electron chi connectivity index (χ1n) is 4.04. The maximum Gasteiger partial charge on any atom is 0.209 e. The van der Waals surface area contributed by atoms with Crippen LogP contribution in [0, 0.1) is 0 Å². The molecular weight excluding hydrogens is 140 g/mol. The van der Waals surface area contributed by atoms with E-state index in [9.17, 15) is 4.79 Å². The van der Waals surface area contributed by atoms with Gasteiger partial charge in [-0.1, -0.05) is 0 Å². The van der Waals surface area contributed by atoms with Crippen molar-refractivity contribution < 1.29 is 4.79 Å². The molecule has 3 heteroatoms. The van der Waals surface area contributed by atoms with Gasteiger partial charge in [0.2, 0.25) is 6.41 Å². The summed E-state index contributed by atoms with van der Waals surface area (Å²) < 4.78 is 0. The molecule has 0 radical (unpaired) electrons. The van der Waals surface area contributed by atoms with E-state index in [2.05, 4.69) is 4.90 Å². The second kappa shape index (κ2) is 6.16. The third kappa shape index (κ3) is 5.85. The summed E-state index contributed by atoms with van der Waals surface area (Å²) in [5.74, 6) is 0. The minimum Gasteiger partial charge on any atom is -0.345 e. The van der Waals surface area contributed by atoms with E-state index >= 15 is 0 Å². The van der Waals surface area contributed by atoms with Gasteiger partial charge in [-0.2, -0.15) is 0 Å². The van der Waals surface area contributed by atoms with Crippen LogP contribution in [0.15, 0.2) is 0 Å². The lowest BCUT2D eigenvalue weighted by atomic mass is 10.4. The van der Waals surface area contributed by atoms with Crippen molar-refractivity contribution in [2.24, 2.45) is 0 Å². The molecule has 0 rings (SSSR count). The molecule has 0 aliphatic rings. The smallest absolute Gasteiger partial charge is 0.209 e.